The highest BCUT2D eigenvalue weighted by atomic mass is 16.5. The van der Waals surface area contributed by atoms with Gasteiger partial charge in [0.1, 0.15) is 12.4 Å². The number of aromatic nitrogens is 3. The van der Waals surface area contributed by atoms with Crippen molar-refractivity contribution in [3.05, 3.63) is 54.4 Å². The molecular weight excluding hydrogens is 381 g/mol. The summed E-state index contributed by atoms with van der Waals surface area (Å²) in [5.74, 6) is -1.67. The van der Waals surface area contributed by atoms with Crippen LogP contribution < -0.4 is 15.0 Å². The molecule has 1 fully saturated rings. The number of benzene rings is 1. The average molecular weight is 403 g/mol. The second-order valence-corrected chi connectivity index (χ2v) is 7.64. The fourth-order valence-corrected chi connectivity index (χ4v) is 4.24. The Hall–Kier alpha value is -2.88. The Morgan fingerprint density at radius 1 is 1.17 bits per heavy atom. The first-order valence-electron chi connectivity index (χ1n) is 10.0. The van der Waals surface area contributed by atoms with Crippen LogP contribution in [0.4, 0.5) is 5.82 Å². The van der Waals surface area contributed by atoms with Gasteiger partial charge in [0.25, 0.3) is 0 Å². The minimum absolute atomic E-state index is 0.135. The Morgan fingerprint density at radius 3 is 2.70 bits per heavy atom. The van der Waals surface area contributed by atoms with E-state index in [1.165, 1.54) is 4.90 Å². The first-order chi connectivity index (χ1) is 14.5. The van der Waals surface area contributed by atoms with E-state index in [2.05, 4.69) is 15.4 Å². The van der Waals surface area contributed by atoms with Crippen molar-refractivity contribution >= 4 is 13.7 Å². The van der Waals surface area contributed by atoms with Crippen molar-refractivity contribution in [3.63, 3.8) is 0 Å². The molecule has 1 aromatic carbocycles. The van der Waals surface area contributed by atoms with E-state index in [1.54, 1.807) is 16.9 Å². The predicted octanol–water partition coefficient (Wildman–Crippen LogP) is 1.15. The quantitative estimate of drug-likeness (QED) is 0.444. The summed E-state index contributed by atoms with van der Waals surface area (Å²) in [7, 11) is 5.69. The Labute approximate surface area is 175 Å². The molecule has 30 heavy (non-hydrogen) atoms. The van der Waals surface area contributed by atoms with Crippen LogP contribution in [0, 0.1) is 0 Å². The van der Waals surface area contributed by atoms with Crippen molar-refractivity contribution in [2.45, 2.75) is 31.3 Å². The zero-order chi connectivity index (χ0) is 20.7. The van der Waals surface area contributed by atoms with Gasteiger partial charge in [-0.25, -0.2) is 4.68 Å². The molecule has 8 nitrogen and oxygen atoms in total. The highest BCUT2D eigenvalue weighted by Gasteiger charge is 2.35. The molecule has 0 bridgehead atoms. The fraction of sp³-hybridized carbons (Fsp3) is 0.333. The highest BCUT2D eigenvalue weighted by molar-refractivity contribution is 6.14. The molecule has 0 aliphatic carbocycles. The smallest absolute Gasteiger partial charge is 0.223 e. The second kappa shape index (κ2) is 7.43. The van der Waals surface area contributed by atoms with E-state index in [-0.39, 0.29) is 6.04 Å². The topological polar surface area (TPSA) is 95.7 Å². The number of pyridine rings is 1. The Bertz CT molecular complexity index is 1050. The summed E-state index contributed by atoms with van der Waals surface area (Å²) >= 11 is 0. The number of piperidine rings is 1. The van der Waals surface area contributed by atoms with E-state index < -0.39 is 5.81 Å². The van der Waals surface area contributed by atoms with Gasteiger partial charge in [0.15, 0.2) is 13.7 Å². The summed E-state index contributed by atoms with van der Waals surface area (Å²) in [6.07, 6.45) is 5.10. The van der Waals surface area contributed by atoms with Crippen LogP contribution in [0.25, 0.3) is 16.8 Å². The molecule has 0 amide bonds. The van der Waals surface area contributed by atoms with Crippen LogP contribution in [0.3, 0.4) is 0 Å². The van der Waals surface area contributed by atoms with E-state index in [1.807, 2.05) is 36.5 Å². The lowest BCUT2D eigenvalue weighted by molar-refractivity contribution is -0.0928. The van der Waals surface area contributed by atoms with E-state index in [4.69, 9.17) is 12.6 Å². The van der Waals surface area contributed by atoms with Gasteiger partial charge in [-0.2, -0.15) is 10.1 Å². The molecule has 152 valence electrons. The number of nitrogens with one attached hydrogen (secondary N) is 1. The van der Waals surface area contributed by atoms with Gasteiger partial charge >= 0.3 is 0 Å². The monoisotopic (exact) mass is 403 g/mol. The van der Waals surface area contributed by atoms with Crippen molar-refractivity contribution < 1.29 is 14.9 Å². The standard InChI is InChI=1S/C21H22BN5O3/c22-21(28,29)27(15-6-9-23-10-7-15)19-5-4-18-17-3-2-16(26-11-1-8-24-26)12-14(17)13-30-20(18)25-19/h1-5,8,11-12,15,23,28-29H,6-7,9-10,13H2. The average Bonchev–Trinajstić information content (AvgIpc) is 3.28. The summed E-state index contributed by atoms with van der Waals surface area (Å²) in [6, 6.07) is 11.5. The molecule has 2 aromatic heterocycles. The van der Waals surface area contributed by atoms with E-state index in [0.717, 1.165) is 48.3 Å². The molecule has 1 saturated heterocycles. The van der Waals surface area contributed by atoms with E-state index in [0.29, 0.717) is 18.3 Å². The zero-order valence-corrected chi connectivity index (χ0v) is 16.4. The molecule has 3 aromatic rings. The summed E-state index contributed by atoms with van der Waals surface area (Å²) in [6.45, 7) is 1.93. The van der Waals surface area contributed by atoms with Gasteiger partial charge in [0, 0.05) is 24.0 Å². The highest BCUT2D eigenvalue weighted by Crippen LogP contribution is 2.39. The summed E-state index contributed by atoms with van der Waals surface area (Å²) in [5, 5.41) is 28.0. The van der Waals surface area contributed by atoms with Crippen molar-refractivity contribution in [1.29, 1.82) is 0 Å². The number of anilines is 1. The molecule has 0 unspecified atom stereocenters. The zero-order valence-electron chi connectivity index (χ0n) is 16.4. The van der Waals surface area contributed by atoms with Gasteiger partial charge in [-0.05, 0) is 67.4 Å². The number of nitrogens with zero attached hydrogens (tertiary/aromatic N) is 4. The predicted molar refractivity (Wildman–Crippen MR) is 112 cm³/mol. The first kappa shape index (κ1) is 19.1. The van der Waals surface area contributed by atoms with Crippen LogP contribution in [0.2, 0.25) is 0 Å². The van der Waals surface area contributed by atoms with Crippen LogP contribution in [-0.4, -0.2) is 57.8 Å². The molecule has 2 radical (unpaired) electrons. The minimum Gasteiger partial charge on any atom is -0.472 e. The van der Waals surface area contributed by atoms with Gasteiger partial charge in [0.2, 0.25) is 5.88 Å². The molecule has 2 aliphatic heterocycles. The molecule has 0 atom stereocenters. The minimum atomic E-state index is -2.51. The third-order valence-electron chi connectivity index (χ3n) is 5.63. The normalized spacial score (nSPS) is 16.5. The Morgan fingerprint density at radius 2 is 1.97 bits per heavy atom. The van der Waals surface area contributed by atoms with Gasteiger partial charge in [-0.1, -0.05) is 6.07 Å². The fourth-order valence-electron chi connectivity index (χ4n) is 4.24. The van der Waals surface area contributed by atoms with E-state index in [9.17, 15) is 10.2 Å². The molecule has 0 spiro atoms. The van der Waals surface area contributed by atoms with Crippen LogP contribution in [0.5, 0.6) is 5.88 Å². The summed E-state index contributed by atoms with van der Waals surface area (Å²) < 4.78 is 7.73. The van der Waals surface area contributed by atoms with Crippen molar-refractivity contribution in [2.75, 3.05) is 18.0 Å². The van der Waals surface area contributed by atoms with Crippen LogP contribution >= 0.6 is 0 Å². The maximum atomic E-state index is 10.2. The summed E-state index contributed by atoms with van der Waals surface area (Å²) in [5.41, 5.74) is 3.89. The van der Waals surface area contributed by atoms with Gasteiger partial charge in [-0.3, -0.25) is 0 Å². The number of rotatable bonds is 4. The number of hydrogen-bond donors (Lipinski definition) is 3. The van der Waals surface area contributed by atoms with Crippen LogP contribution in [-0.2, 0) is 6.61 Å². The SMILES string of the molecule is [B]C(O)(O)N(c1ccc2c(n1)OCc1cc(-n3cccn3)ccc1-2)C1CCNCC1. The maximum Gasteiger partial charge on any atom is 0.223 e. The molecule has 4 heterocycles. The van der Waals surface area contributed by atoms with Gasteiger partial charge in [-0.15, -0.1) is 0 Å². The lowest BCUT2D eigenvalue weighted by atomic mass is 9.95. The third kappa shape index (κ3) is 3.45. The maximum absolute atomic E-state index is 10.2. The number of ether oxygens (including phenoxy) is 1. The lowest BCUT2D eigenvalue weighted by Gasteiger charge is -2.42. The van der Waals surface area contributed by atoms with Crippen molar-refractivity contribution in [1.82, 2.24) is 20.1 Å². The molecule has 9 heteroatoms. The number of fused-ring (bicyclic) bond motifs is 3. The first-order valence-corrected chi connectivity index (χ1v) is 10.0. The number of aliphatic hydroxyl groups is 2. The summed E-state index contributed by atoms with van der Waals surface area (Å²) in [4.78, 5) is 5.96. The molecular formula is C21H22BN5O3. The number of hydrogen-bond acceptors (Lipinski definition) is 7. The third-order valence-corrected chi connectivity index (χ3v) is 5.63. The second-order valence-electron chi connectivity index (χ2n) is 7.64. The molecule has 2 aliphatic rings. The van der Waals surface area contributed by atoms with Crippen molar-refractivity contribution in [2.24, 2.45) is 0 Å². The largest absolute Gasteiger partial charge is 0.472 e. The van der Waals surface area contributed by atoms with Crippen LogP contribution in [0.15, 0.2) is 48.8 Å². The van der Waals surface area contributed by atoms with Gasteiger partial charge in [0.05, 0.1) is 5.69 Å². The molecule has 5 rings (SSSR count). The van der Waals surface area contributed by atoms with Crippen molar-refractivity contribution in [3.8, 4) is 22.7 Å². The molecule has 0 saturated carbocycles. The van der Waals surface area contributed by atoms with Crippen LogP contribution in [0.1, 0.15) is 18.4 Å². The molecule has 3 N–H and O–H groups in total. The Kier molecular flexibility index (Phi) is 4.73. The van der Waals surface area contributed by atoms with E-state index >= 15 is 0 Å². The van der Waals surface area contributed by atoms with Gasteiger partial charge < -0.3 is 25.2 Å². The Balaban J connectivity index is 1.50. The lowest BCUT2D eigenvalue weighted by Crippen LogP contribution is -2.57.